The van der Waals surface area contributed by atoms with Gasteiger partial charge in [-0.2, -0.15) is 0 Å². The van der Waals surface area contributed by atoms with Crippen LogP contribution in [0.1, 0.15) is 38.6 Å². The average Bonchev–Trinajstić information content (AvgIpc) is 3.48. The van der Waals surface area contributed by atoms with Crippen molar-refractivity contribution in [3.05, 3.63) is 95.0 Å². The van der Waals surface area contributed by atoms with Gasteiger partial charge in [-0.25, -0.2) is 4.68 Å². The van der Waals surface area contributed by atoms with Gasteiger partial charge in [0.1, 0.15) is 5.76 Å². The molecule has 1 aliphatic heterocycles. The van der Waals surface area contributed by atoms with Crippen molar-refractivity contribution in [3.8, 4) is 5.69 Å². The van der Waals surface area contributed by atoms with E-state index in [2.05, 4.69) is 38.4 Å². The van der Waals surface area contributed by atoms with Crippen LogP contribution in [0.15, 0.2) is 65.5 Å². The second-order valence-corrected chi connectivity index (χ2v) is 8.41. The van der Waals surface area contributed by atoms with Crippen LogP contribution in [0.5, 0.6) is 0 Å². The molecule has 8 heteroatoms. The van der Waals surface area contributed by atoms with Crippen molar-refractivity contribution in [1.82, 2.24) is 29.8 Å². The molecule has 0 aliphatic carbocycles. The van der Waals surface area contributed by atoms with E-state index in [0.717, 1.165) is 43.2 Å². The average molecular weight is 443 g/mol. The number of carbonyl (C=O) groups excluding carboxylic acids is 1. The number of nitrogens with zero attached hydrogens (tertiary/aromatic N) is 6. The van der Waals surface area contributed by atoms with E-state index in [1.807, 2.05) is 37.4 Å². The van der Waals surface area contributed by atoms with Crippen LogP contribution in [0.4, 0.5) is 0 Å². The van der Waals surface area contributed by atoms with E-state index in [9.17, 15) is 4.79 Å². The zero-order chi connectivity index (χ0) is 22.8. The topological polar surface area (TPSA) is 80.3 Å². The summed E-state index contributed by atoms with van der Waals surface area (Å²) in [5, 5.41) is 8.59. The van der Waals surface area contributed by atoms with Crippen LogP contribution in [-0.4, -0.2) is 49.3 Å². The number of carbonyl (C=O) groups is 1. The summed E-state index contributed by atoms with van der Waals surface area (Å²) in [4.78, 5) is 21.2. The van der Waals surface area contributed by atoms with Gasteiger partial charge >= 0.3 is 0 Å². The highest BCUT2D eigenvalue weighted by atomic mass is 16.3. The van der Waals surface area contributed by atoms with Gasteiger partial charge in [0.15, 0.2) is 5.69 Å². The molecule has 5 rings (SSSR count). The van der Waals surface area contributed by atoms with Gasteiger partial charge in [0.2, 0.25) is 0 Å². The van der Waals surface area contributed by atoms with E-state index in [0.29, 0.717) is 12.2 Å². The number of rotatable bonds is 6. The van der Waals surface area contributed by atoms with E-state index in [1.165, 1.54) is 16.7 Å². The lowest BCUT2D eigenvalue weighted by Crippen LogP contribution is -2.31. The summed E-state index contributed by atoms with van der Waals surface area (Å²) in [5.41, 5.74) is 5.83. The van der Waals surface area contributed by atoms with Gasteiger partial charge in [0.05, 0.1) is 24.2 Å². The maximum atomic E-state index is 13.0. The van der Waals surface area contributed by atoms with Crippen LogP contribution in [-0.2, 0) is 26.1 Å². The number of benzene rings is 1. The predicted molar refractivity (Wildman–Crippen MR) is 123 cm³/mol. The minimum atomic E-state index is -0.178. The molecule has 0 N–H and O–H groups in total. The smallest absolute Gasteiger partial charge is 0.276 e. The van der Waals surface area contributed by atoms with Crippen LogP contribution in [0, 0.1) is 6.92 Å². The number of aromatic nitrogens is 4. The molecule has 0 atom stereocenters. The van der Waals surface area contributed by atoms with Crippen LogP contribution < -0.4 is 0 Å². The molecule has 168 valence electrons. The molecular formula is C25H26N6O2. The zero-order valence-corrected chi connectivity index (χ0v) is 18.8. The van der Waals surface area contributed by atoms with Gasteiger partial charge in [-0.1, -0.05) is 23.4 Å². The Hall–Kier alpha value is -3.78. The van der Waals surface area contributed by atoms with Gasteiger partial charge in [0.25, 0.3) is 5.91 Å². The van der Waals surface area contributed by atoms with Crippen LogP contribution in [0.25, 0.3) is 5.69 Å². The van der Waals surface area contributed by atoms with Crippen LogP contribution >= 0.6 is 0 Å². The van der Waals surface area contributed by atoms with E-state index < -0.39 is 0 Å². The molecule has 33 heavy (non-hydrogen) atoms. The third-order valence-electron chi connectivity index (χ3n) is 6.09. The summed E-state index contributed by atoms with van der Waals surface area (Å²) in [6.07, 6.45) is 6.24. The van der Waals surface area contributed by atoms with Crippen molar-refractivity contribution in [2.45, 2.75) is 33.0 Å². The summed E-state index contributed by atoms with van der Waals surface area (Å²) in [6.45, 7) is 4.96. The first-order valence-corrected chi connectivity index (χ1v) is 11.0. The fraction of sp³-hybridized carbons (Fsp3) is 0.280. The molecule has 8 nitrogen and oxygen atoms in total. The number of hydrogen-bond acceptors (Lipinski definition) is 6. The van der Waals surface area contributed by atoms with E-state index in [4.69, 9.17) is 4.42 Å². The van der Waals surface area contributed by atoms with E-state index in [-0.39, 0.29) is 5.91 Å². The number of amides is 1. The second kappa shape index (κ2) is 8.99. The van der Waals surface area contributed by atoms with Crippen LogP contribution in [0.2, 0.25) is 0 Å². The second-order valence-electron chi connectivity index (χ2n) is 8.41. The lowest BCUT2D eigenvalue weighted by molar-refractivity contribution is 0.0769. The van der Waals surface area contributed by atoms with Crippen LogP contribution in [0.3, 0.4) is 0 Å². The summed E-state index contributed by atoms with van der Waals surface area (Å²) in [6, 6.07) is 14.0. The lowest BCUT2D eigenvalue weighted by atomic mass is 9.97. The maximum absolute atomic E-state index is 13.0. The molecule has 0 saturated carbocycles. The Morgan fingerprint density at radius 1 is 1.18 bits per heavy atom. The summed E-state index contributed by atoms with van der Waals surface area (Å²) in [5.74, 6) is 0.548. The monoisotopic (exact) mass is 442 g/mol. The first-order valence-electron chi connectivity index (χ1n) is 11.0. The highest BCUT2D eigenvalue weighted by molar-refractivity contribution is 5.93. The first-order chi connectivity index (χ1) is 16.1. The van der Waals surface area contributed by atoms with Gasteiger partial charge in [-0.15, -0.1) is 5.10 Å². The molecule has 4 heterocycles. The van der Waals surface area contributed by atoms with Crippen molar-refractivity contribution in [2.24, 2.45) is 0 Å². The molecule has 1 amide bonds. The minimum absolute atomic E-state index is 0.178. The molecule has 0 unspecified atom stereocenters. The Bertz CT molecular complexity index is 1250. The number of pyridine rings is 1. The SMILES string of the molecule is Cc1c(C(=O)N(C)Cc2ccco2)nnn1-c1cccc2c1CCN(Cc1cccnc1)C2. The Labute approximate surface area is 192 Å². The van der Waals surface area contributed by atoms with Crippen molar-refractivity contribution in [1.29, 1.82) is 0 Å². The Morgan fingerprint density at radius 2 is 2.09 bits per heavy atom. The molecule has 1 aromatic carbocycles. The Morgan fingerprint density at radius 3 is 2.88 bits per heavy atom. The van der Waals surface area contributed by atoms with Gasteiger partial charge < -0.3 is 9.32 Å². The molecule has 0 spiro atoms. The standard InChI is InChI=1S/C25H26N6O2/c1-18-24(25(32)29(2)17-21-8-5-13-33-21)27-28-31(18)23-9-3-7-20-16-30(12-10-22(20)23)15-19-6-4-11-26-14-19/h3-9,11,13-14H,10,12,15-17H2,1-2H3. The molecule has 1 aliphatic rings. The lowest BCUT2D eigenvalue weighted by Gasteiger charge is -2.30. The molecule has 0 saturated heterocycles. The highest BCUT2D eigenvalue weighted by Gasteiger charge is 2.25. The first kappa shape index (κ1) is 21.1. The Balaban J connectivity index is 1.36. The summed E-state index contributed by atoms with van der Waals surface area (Å²) >= 11 is 0. The van der Waals surface area contributed by atoms with Gasteiger partial charge in [-0.05, 0) is 54.3 Å². The molecule has 3 aromatic heterocycles. The normalized spacial score (nSPS) is 13.6. The van der Waals surface area contributed by atoms with E-state index in [1.54, 1.807) is 29.1 Å². The molecule has 0 bridgehead atoms. The van der Waals surface area contributed by atoms with Gasteiger partial charge in [0, 0.05) is 39.1 Å². The minimum Gasteiger partial charge on any atom is -0.467 e. The molecule has 0 radical (unpaired) electrons. The third kappa shape index (κ3) is 4.29. The Kier molecular flexibility index (Phi) is 5.75. The zero-order valence-electron chi connectivity index (χ0n) is 18.8. The highest BCUT2D eigenvalue weighted by Crippen LogP contribution is 2.27. The number of hydrogen-bond donors (Lipinski definition) is 0. The largest absolute Gasteiger partial charge is 0.467 e. The van der Waals surface area contributed by atoms with Crippen molar-refractivity contribution >= 4 is 5.91 Å². The van der Waals surface area contributed by atoms with Crippen molar-refractivity contribution < 1.29 is 9.21 Å². The number of fused-ring (bicyclic) bond motifs is 1. The fourth-order valence-corrected chi connectivity index (χ4v) is 4.38. The summed E-state index contributed by atoms with van der Waals surface area (Å²) in [7, 11) is 1.74. The van der Waals surface area contributed by atoms with E-state index >= 15 is 0 Å². The maximum Gasteiger partial charge on any atom is 0.276 e. The molecule has 4 aromatic rings. The van der Waals surface area contributed by atoms with Gasteiger partial charge in [-0.3, -0.25) is 14.7 Å². The van der Waals surface area contributed by atoms with Crippen molar-refractivity contribution in [3.63, 3.8) is 0 Å². The number of furan rings is 1. The quantitative estimate of drug-likeness (QED) is 0.455. The molecule has 0 fully saturated rings. The molecular weight excluding hydrogens is 416 g/mol. The third-order valence-corrected chi connectivity index (χ3v) is 6.09. The fourth-order valence-electron chi connectivity index (χ4n) is 4.38. The predicted octanol–water partition coefficient (Wildman–Crippen LogP) is 3.39. The summed E-state index contributed by atoms with van der Waals surface area (Å²) < 4.78 is 7.16. The van der Waals surface area contributed by atoms with Crippen molar-refractivity contribution in [2.75, 3.05) is 13.6 Å².